The Labute approximate surface area is 127 Å². The highest BCUT2D eigenvalue weighted by atomic mass is 35.5. The molecule has 0 aromatic carbocycles. The molecule has 0 unspecified atom stereocenters. The maximum absolute atomic E-state index is 10.2. The number of nitrogens with zero attached hydrogens (tertiary/aromatic N) is 4. The van der Waals surface area contributed by atoms with Crippen LogP contribution in [-0.4, -0.2) is 45.2 Å². The summed E-state index contributed by atoms with van der Waals surface area (Å²) in [5, 5.41) is 14.9. The second-order valence-electron chi connectivity index (χ2n) is 5.24. The lowest BCUT2D eigenvalue weighted by Crippen LogP contribution is -2.29. The molecular weight excluding hydrogens is 292 g/mol. The van der Waals surface area contributed by atoms with Crippen molar-refractivity contribution in [2.24, 2.45) is 7.05 Å². The van der Waals surface area contributed by atoms with E-state index in [1.807, 2.05) is 24.9 Å². The van der Waals surface area contributed by atoms with Crippen LogP contribution in [-0.2, 0) is 7.05 Å². The van der Waals surface area contributed by atoms with E-state index in [1.165, 1.54) is 0 Å². The summed E-state index contributed by atoms with van der Waals surface area (Å²) < 4.78 is 7.44. The van der Waals surface area contributed by atoms with Crippen LogP contribution in [0, 0.1) is 6.92 Å². The lowest BCUT2D eigenvalue weighted by molar-refractivity contribution is 0.0737. The SMILES string of the molecule is Cc1ccnc(N2C[C@@H](O)[C@H](Oc3cnn(C)c3)C2)c1Cl. The lowest BCUT2D eigenvalue weighted by atomic mass is 10.3. The number of ether oxygens (including phenoxy) is 1. The van der Waals surface area contributed by atoms with Crippen LogP contribution in [0.3, 0.4) is 0 Å². The molecule has 0 saturated carbocycles. The van der Waals surface area contributed by atoms with E-state index in [9.17, 15) is 5.11 Å². The number of β-amino-alcohol motifs (C(OH)–C–C–N with tert-alkyl or cyclic N) is 1. The Morgan fingerprint density at radius 1 is 1.43 bits per heavy atom. The molecule has 21 heavy (non-hydrogen) atoms. The van der Waals surface area contributed by atoms with Gasteiger partial charge in [-0.3, -0.25) is 4.68 Å². The standard InChI is InChI=1S/C14H17ClN4O2/c1-9-3-4-16-14(13(9)15)19-7-11(20)12(8-19)21-10-5-17-18(2)6-10/h3-6,11-12,20H,7-8H2,1-2H3/t11-,12-/m1/s1. The van der Waals surface area contributed by atoms with E-state index < -0.39 is 6.10 Å². The van der Waals surface area contributed by atoms with E-state index >= 15 is 0 Å². The average Bonchev–Trinajstić information content (AvgIpc) is 3.00. The van der Waals surface area contributed by atoms with Crippen molar-refractivity contribution >= 4 is 17.4 Å². The minimum atomic E-state index is -0.594. The predicted molar refractivity (Wildman–Crippen MR) is 79.8 cm³/mol. The Morgan fingerprint density at radius 2 is 2.24 bits per heavy atom. The topological polar surface area (TPSA) is 63.4 Å². The molecule has 2 aromatic rings. The molecule has 0 bridgehead atoms. The van der Waals surface area contributed by atoms with E-state index in [4.69, 9.17) is 16.3 Å². The number of rotatable bonds is 3. The zero-order valence-electron chi connectivity index (χ0n) is 11.9. The first-order chi connectivity index (χ1) is 10.0. The summed E-state index contributed by atoms with van der Waals surface area (Å²) in [5.41, 5.74) is 0.966. The van der Waals surface area contributed by atoms with Crippen molar-refractivity contribution in [1.82, 2.24) is 14.8 Å². The van der Waals surface area contributed by atoms with Gasteiger partial charge >= 0.3 is 0 Å². The van der Waals surface area contributed by atoms with Gasteiger partial charge < -0.3 is 14.7 Å². The highest BCUT2D eigenvalue weighted by Crippen LogP contribution is 2.30. The number of halogens is 1. The third-order valence-electron chi connectivity index (χ3n) is 3.57. The number of hydrogen-bond acceptors (Lipinski definition) is 5. The molecule has 0 aliphatic carbocycles. The second kappa shape index (κ2) is 5.54. The van der Waals surface area contributed by atoms with Crippen LogP contribution in [0.2, 0.25) is 5.02 Å². The van der Waals surface area contributed by atoms with Crippen molar-refractivity contribution in [3.05, 3.63) is 35.2 Å². The fraction of sp³-hybridized carbons (Fsp3) is 0.429. The van der Waals surface area contributed by atoms with Crippen LogP contribution >= 0.6 is 11.6 Å². The molecular formula is C14H17ClN4O2. The zero-order valence-corrected chi connectivity index (χ0v) is 12.7. The van der Waals surface area contributed by atoms with E-state index in [2.05, 4.69) is 10.1 Å². The largest absolute Gasteiger partial charge is 0.482 e. The number of hydrogen-bond donors (Lipinski definition) is 1. The number of pyridine rings is 1. The third-order valence-corrected chi connectivity index (χ3v) is 4.04. The zero-order chi connectivity index (χ0) is 15.0. The third kappa shape index (κ3) is 2.82. The maximum Gasteiger partial charge on any atom is 0.157 e. The number of aromatic nitrogens is 3. The van der Waals surface area contributed by atoms with Crippen LogP contribution in [0.1, 0.15) is 5.56 Å². The van der Waals surface area contributed by atoms with Crippen molar-refractivity contribution in [2.45, 2.75) is 19.1 Å². The Kier molecular flexibility index (Phi) is 3.73. The number of aliphatic hydroxyl groups excluding tert-OH is 1. The van der Waals surface area contributed by atoms with Crippen LogP contribution in [0.15, 0.2) is 24.7 Å². The van der Waals surface area contributed by atoms with Gasteiger partial charge in [0.1, 0.15) is 18.0 Å². The Balaban J connectivity index is 1.75. The first-order valence-electron chi connectivity index (χ1n) is 6.74. The fourth-order valence-electron chi connectivity index (χ4n) is 2.43. The van der Waals surface area contributed by atoms with Crippen LogP contribution in [0.25, 0.3) is 0 Å². The quantitative estimate of drug-likeness (QED) is 0.929. The van der Waals surface area contributed by atoms with Crippen molar-refractivity contribution in [3.63, 3.8) is 0 Å². The van der Waals surface area contributed by atoms with Gasteiger partial charge in [0.2, 0.25) is 0 Å². The summed E-state index contributed by atoms with van der Waals surface area (Å²) in [6, 6.07) is 1.86. The van der Waals surface area contributed by atoms with Crippen LogP contribution in [0.5, 0.6) is 5.75 Å². The molecule has 112 valence electrons. The van der Waals surface area contributed by atoms with Gasteiger partial charge in [0.15, 0.2) is 5.75 Å². The van der Waals surface area contributed by atoms with Crippen molar-refractivity contribution in [3.8, 4) is 5.75 Å². The van der Waals surface area contributed by atoms with Gasteiger partial charge in [-0.1, -0.05) is 11.6 Å². The van der Waals surface area contributed by atoms with Gasteiger partial charge in [-0.05, 0) is 18.6 Å². The molecule has 2 atom stereocenters. The molecule has 1 aliphatic rings. The summed E-state index contributed by atoms with van der Waals surface area (Å²) >= 11 is 6.29. The minimum Gasteiger partial charge on any atom is -0.482 e. The first kappa shape index (κ1) is 14.2. The van der Waals surface area contributed by atoms with E-state index in [1.54, 1.807) is 23.3 Å². The molecule has 1 saturated heterocycles. The second-order valence-corrected chi connectivity index (χ2v) is 5.62. The Morgan fingerprint density at radius 3 is 2.95 bits per heavy atom. The lowest BCUT2D eigenvalue weighted by Gasteiger charge is -2.19. The molecule has 1 aliphatic heterocycles. The molecule has 6 nitrogen and oxygen atoms in total. The van der Waals surface area contributed by atoms with Crippen LogP contribution in [0.4, 0.5) is 5.82 Å². The number of aliphatic hydroxyl groups is 1. The fourth-order valence-corrected chi connectivity index (χ4v) is 2.66. The average molecular weight is 309 g/mol. The van der Waals surface area contributed by atoms with Crippen molar-refractivity contribution in [2.75, 3.05) is 18.0 Å². The highest BCUT2D eigenvalue weighted by molar-refractivity contribution is 6.33. The van der Waals surface area contributed by atoms with E-state index in [-0.39, 0.29) is 6.10 Å². The molecule has 2 aromatic heterocycles. The maximum atomic E-state index is 10.2. The molecule has 1 fully saturated rings. The Bertz CT molecular complexity index is 646. The first-order valence-corrected chi connectivity index (χ1v) is 7.12. The smallest absolute Gasteiger partial charge is 0.157 e. The summed E-state index contributed by atoms with van der Waals surface area (Å²) in [5.74, 6) is 1.33. The van der Waals surface area contributed by atoms with Gasteiger partial charge in [0, 0.05) is 19.8 Å². The predicted octanol–water partition coefficient (Wildman–Crippen LogP) is 1.41. The molecule has 3 heterocycles. The monoisotopic (exact) mass is 308 g/mol. The molecule has 0 amide bonds. The summed E-state index contributed by atoms with van der Waals surface area (Å²) in [6.07, 6.45) is 4.20. The molecule has 1 N–H and O–H groups in total. The summed E-state index contributed by atoms with van der Waals surface area (Å²) in [7, 11) is 1.82. The summed E-state index contributed by atoms with van der Waals surface area (Å²) in [6.45, 7) is 2.91. The normalized spacial score (nSPS) is 21.8. The van der Waals surface area contributed by atoms with Crippen LogP contribution < -0.4 is 9.64 Å². The van der Waals surface area contributed by atoms with Crippen molar-refractivity contribution in [1.29, 1.82) is 0 Å². The van der Waals surface area contributed by atoms with Crippen molar-refractivity contribution < 1.29 is 9.84 Å². The minimum absolute atomic E-state index is 0.326. The molecule has 0 radical (unpaired) electrons. The van der Waals surface area contributed by atoms with Gasteiger partial charge in [-0.2, -0.15) is 5.10 Å². The van der Waals surface area contributed by atoms with Gasteiger partial charge in [-0.25, -0.2) is 4.98 Å². The van der Waals surface area contributed by atoms with Gasteiger partial charge in [0.25, 0.3) is 0 Å². The highest BCUT2D eigenvalue weighted by Gasteiger charge is 2.35. The molecule has 3 rings (SSSR count). The van der Waals surface area contributed by atoms with E-state index in [0.29, 0.717) is 29.7 Å². The summed E-state index contributed by atoms with van der Waals surface area (Å²) in [4.78, 5) is 6.26. The molecule has 7 heteroatoms. The van der Waals surface area contributed by atoms with Gasteiger partial charge in [-0.15, -0.1) is 0 Å². The Hall–Kier alpha value is -1.79. The number of anilines is 1. The number of aryl methyl sites for hydroxylation is 2. The van der Waals surface area contributed by atoms with Gasteiger partial charge in [0.05, 0.1) is 24.0 Å². The van der Waals surface area contributed by atoms with E-state index in [0.717, 1.165) is 5.56 Å². The molecule has 0 spiro atoms.